The molecular weight excluding hydrogens is 194 g/mol. The topological polar surface area (TPSA) is 70.2 Å². The molecule has 1 rings (SSSR count). The Hall–Kier alpha value is -1.10. The summed E-state index contributed by atoms with van der Waals surface area (Å²) in [6.07, 6.45) is 2.03. The molecule has 1 aliphatic heterocycles. The second kappa shape index (κ2) is 5.70. The highest BCUT2D eigenvalue weighted by molar-refractivity contribution is 5.86. The third kappa shape index (κ3) is 3.87. The van der Waals surface area contributed by atoms with Crippen LogP contribution >= 0.6 is 0 Å². The van der Waals surface area contributed by atoms with Crippen molar-refractivity contribution in [1.29, 1.82) is 0 Å². The van der Waals surface area contributed by atoms with E-state index in [9.17, 15) is 9.59 Å². The van der Waals surface area contributed by atoms with Crippen molar-refractivity contribution in [2.24, 2.45) is 0 Å². The van der Waals surface area contributed by atoms with Gasteiger partial charge < -0.3 is 10.6 Å². The van der Waals surface area contributed by atoms with Crippen LogP contribution < -0.4 is 16.0 Å². The molecule has 1 heterocycles. The average molecular weight is 213 g/mol. The lowest BCUT2D eigenvalue weighted by molar-refractivity contribution is -0.127. The van der Waals surface area contributed by atoms with Crippen LogP contribution in [-0.4, -0.2) is 37.0 Å². The Morgan fingerprint density at radius 1 is 1.67 bits per heavy atom. The van der Waals surface area contributed by atoms with Crippen molar-refractivity contribution in [2.75, 3.05) is 13.1 Å². The first-order valence-corrected chi connectivity index (χ1v) is 5.44. The minimum absolute atomic E-state index is 0.0315. The van der Waals surface area contributed by atoms with Gasteiger partial charge >= 0.3 is 0 Å². The normalized spacial score (nSPS) is 23.1. The van der Waals surface area contributed by atoms with Gasteiger partial charge in [-0.3, -0.25) is 14.9 Å². The standard InChI is InChI=1S/C10H19N3O2/c1-3-4-7(2)13-10(15)8-5-12-9(14)6-11-8/h7-8,11H,3-6H2,1-2H3,(H,12,14)(H,13,15). The SMILES string of the molecule is CCCC(C)NC(=O)C1CNC(=O)CN1. The largest absolute Gasteiger partial charge is 0.353 e. The Kier molecular flexibility index (Phi) is 4.55. The van der Waals surface area contributed by atoms with E-state index < -0.39 is 0 Å². The number of carbonyl (C=O) groups excluding carboxylic acids is 2. The van der Waals surface area contributed by atoms with Crippen LogP contribution in [0.4, 0.5) is 0 Å². The third-order valence-electron chi connectivity index (χ3n) is 2.44. The molecule has 1 aliphatic rings. The maximum atomic E-state index is 11.7. The van der Waals surface area contributed by atoms with Gasteiger partial charge in [0, 0.05) is 12.6 Å². The summed E-state index contributed by atoms with van der Waals surface area (Å²) >= 11 is 0. The summed E-state index contributed by atoms with van der Waals surface area (Å²) in [5.41, 5.74) is 0. The lowest BCUT2D eigenvalue weighted by Crippen LogP contribution is -2.58. The van der Waals surface area contributed by atoms with Gasteiger partial charge in [-0.25, -0.2) is 0 Å². The van der Waals surface area contributed by atoms with E-state index in [2.05, 4.69) is 22.9 Å². The Morgan fingerprint density at radius 2 is 2.40 bits per heavy atom. The second-order valence-electron chi connectivity index (χ2n) is 3.94. The van der Waals surface area contributed by atoms with E-state index in [0.29, 0.717) is 6.54 Å². The molecule has 1 fully saturated rings. The smallest absolute Gasteiger partial charge is 0.239 e. The van der Waals surface area contributed by atoms with E-state index in [-0.39, 0.29) is 30.4 Å². The van der Waals surface area contributed by atoms with Crippen LogP contribution in [0, 0.1) is 0 Å². The summed E-state index contributed by atoms with van der Waals surface area (Å²) in [6, 6.07) is -0.0936. The van der Waals surface area contributed by atoms with Crippen molar-refractivity contribution in [3.8, 4) is 0 Å². The second-order valence-corrected chi connectivity index (χ2v) is 3.94. The van der Waals surface area contributed by atoms with Crippen LogP contribution in [0.3, 0.4) is 0 Å². The van der Waals surface area contributed by atoms with E-state index in [1.807, 2.05) is 6.92 Å². The maximum Gasteiger partial charge on any atom is 0.239 e. The highest BCUT2D eigenvalue weighted by atomic mass is 16.2. The minimum Gasteiger partial charge on any atom is -0.353 e. The number of hydrogen-bond acceptors (Lipinski definition) is 3. The molecule has 0 aromatic carbocycles. The van der Waals surface area contributed by atoms with Crippen molar-refractivity contribution in [3.05, 3.63) is 0 Å². The highest BCUT2D eigenvalue weighted by Crippen LogP contribution is 1.96. The van der Waals surface area contributed by atoms with Crippen LogP contribution in [-0.2, 0) is 9.59 Å². The molecule has 0 aromatic rings. The fraction of sp³-hybridized carbons (Fsp3) is 0.800. The molecule has 0 aliphatic carbocycles. The quantitative estimate of drug-likeness (QED) is 0.583. The average Bonchev–Trinajstić information content (AvgIpc) is 2.18. The molecule has 2 amide bonds. The molecule has 0 radical (unpaired) electrons. The van der Waals surface area contributed by atoms with E-state index >= 15 is 0 Å². The summed E-state index contributed by atoms with van der Waals surface area (Å²) in [6.45, 7) is 4.67. The summed E-state index contributed by atoms with van der Waals surface area (Å²) in [5.74, 6) is -0.0865. The van der Waals surface area contributed by atoms with Crippen LogP contribution in [0.1, 0.15) is 26.7 Å². The summed E-state index contributed by atoms with van der Waals surface area (Å²) in [7, 11) is 0. The van der Waals surface area contributed by atoms with Gasteiger partial charge in [0.1, 0.15) is 6.04 Å². The van der Waals surface area contributed by atoms with Gasteiger partial charge in [-0.15, -0.1) is 0 Å². The highest BCUT2D eigenvalue weighted by Gasteiger charge is 2.24. The monoisotopic (exact) mass is 213 g/mol. The first kappa shape index (κ1) is 12.0. The molecule has 2 atom stereocenters. The van der Waals surface area contributed by atoms with Crippen LogP contribution in [0.5, 0.6) is 0 Å². The number of hydrogen-bond donors (Lipinski definition) is 3. The molecule has 0 spiro atoms. The van der Waals surface area contributed by atoms with E-state index in [0.717, 1.165) is 12.8 Å². The molecular formula is C10H19N3O2. The van der Waals surface area contributed by atoms with Crippen LogP contribution in [0.25, 0.3) is 0 Å². The van der Waals surface area contributed by atoms with Crippen LogP contribution in [0.2, 0.25) is 0 Å². The molecule has 0 bridgehead atoms. The fourth-order valence-electron chi connectivity index (χ4n) is 1.60. The van der Waals surface area contributed by atoms with Gasteiger partial charge in [-0.1, -0.05) is 13.3 Å². The lowest BCUT2D eigenvalue weighted by Gasteiger charge is -2.24. The Labute approximate surface area is 90.0 Å². The van der Waals surface area contributed by atoms with Gasteiger partial charge in [0.15, 0.2) is 0 Å². The first-order valence-electron chi connectivity index (χ1n) is 5.44. The first-order chi connectivity index (χ1) is 7.13. The minimum atomic E-state index is -0.290. The van der Waals surface area contributed by atoms with Crippen molar-refractivity contribution >= 4 is 11.8 Å². The van der Waals surface area contributed by atoms with Crippen LogP contribution in [0.15, 0.2) is 0 Å². The molecule has 5 nitrogen and oxygen atoms in total. The molecule has 0 aromatic heterocycles. The molecule has 3 N–H and O–H groups in total. The van der Waals surface area contributed by atoms with Gasteiger partial charge in [0.25, 0.3) is 0 Å². The predicted octanol–water partition coefficient (Wildman–Crippen LogP) is -0.621. The van der Waals surface area contributed by atoms with Gasteiger partial charge in [-0.05, 0) is 13.3 Å². The number of nitrogens with one attached hydrogen (secondary N) is 3. The van der Waals surface area contributed by atoms with Gasteiger partial charge in [-0.2, -0.15) is 0 Å². The van der Waals surface area contributed by atoms with Crippen molar-refractivity contribution < 1.29 is 9.59 Å². The molecule has 2 unspecified atom stereocenters. The Bertz CT molecular complexity index is 233. The zero-order chi connectivity index (χ0) is 11.3. The molecule has 86 valence electrons. The van der Waals surface area contributed by atoms with Gasteiger partial charge in [0.05, 0.1) is 6.54 Å². The zero-order valence-electron chi connectivity index (χ0n) is 9.30. The zero-order valence-corrected chi connectivity index (χ0v) is 9.30. The van der Waals surface area contributed by atoms with Crippen molar-refractivity contribution in [2.45, 2.75) is 38.8 Å². The molecule has 5 heteroatoms. The Balaban J connectivity index is 2.30. The fourth-order valence-corrected chi connectivity index (χ4v) is 1.60. The van der Waals surface area contributed by atoms with E-state index in [1.54, 1.807) is 0 Å². The molecule has 0 saturated carbocycles. The number of piperazine rings is 1. The van der Waals surface area contributed by atoms with Crippen molar-refractivity contribution in [1.82, 2.24) is 16.0 Å². The molecule has 15 heavy (non-hydrogen) atoms. The Morgan fingerprint density at radius 3 is 2.93 bits per heavy atom. The number of amides is 2. The summed E-state index contributed by atoms with van der Waals surface area (Å²) in [5, 5.41) is 8.46. The number of rotatable bonds is 4. The predicted molar refractivity (Wildman–Crippen MR) is 57.3 cm³/mol. The maximum absolute atomic E-state index is 11.7. The van der Waals surface area contributed by atoms with E-state index in [4.69, 9.17) is 0 Å². The summed E-state index contributed by atoms with van der Waals surface area (Å²) in [4.78, 5) is 22.5. The van der Waals surface area contributed by atoms with Crippen molar-refractivity contribution in [3.63, 3.8) is 0 Å². The van der Waals surface area contributed by atoms with E-state index in [1.165, 1.54) is 0 Å². The molecule has 1 saturated heterocycles. The van der Waals surface area contributed by atoms with Gasteiger partial charge in [0.2, 0.25) is 11.8 Å². The number of carbonyl (C=O) groups is 2. The third-order valence-corrected chi connectivity index (χ3v) is 2.44. The summed E-state index contributed by atoms with van der Waals surface area (Å²) < 4.78 is 0. The lowest BCUT2D eigenvalue weighted by atomic mass is 10.1.